The first-order valence-electron chi connectivity index (χ1n) is 6.30. The molecule has 0 bridgehead atoms. The molecule has 1 N–H and O–H groups in total. The highest BCUT2D eigenvalue weighted by molar-refractivity contribution is 5.83. The van der Waals surface area contributed by atoms with Crippen LogP contribution < -0.4 is 9.47 Å². The second-order valence-electron chi connectivity index (χ2n) is 4.73. The summed E-state index contributed by atoms with van der Waals surface area (Å²) in [5.74, 6) is 1.11. The quantitative estimate of drug-likeness (QED) is 0.893. The van der Waals surface area contributed by atoms with E-state index in [4.69, 9.17) is 9.47 Å². The van der Waals surface area contributed by atoms with Gasteiger partial charge in [0.2, 0.25) is 0 Å². The van der Waals surface area contributed by atoms with Crippen LogP contribution in [0.4, 0.5) is 0 Å². The highest BCUT2D eigenvalue weighted by atomic mass is 16.5. The fourth-order valence-corrected chi connectivity index (χ4v) is 2.14. The molecule has 2 atom stereocenters. The van der Waals surface area contributed by atoms with E-state index in [9.17, 15) is 9.90 Å². The second-order valence-corrected chi connectivity index (χ2v) is 4.73. The third kappa shape index (κ3) is 2.81. The van der Waals surface area contributed by atoms with Crippen molar-refractivity contribution in [3.05, 3.63) is 23.8 Å². The molecule has 19 heavy (non-hydrogen) atoms. The maximum Gasteiger partial charge on any atom is 0.263 e. The van der Waals surface area contributed by atoms with E-state index < -0.39 is 12.2 Å². The summed E-state index contributed by atoms with van der Waals surface area (Å²) in [6.07, 6.45) is -0.476. The van der Waals surface area contributed by atoms with Crippen LogP contribution in [0.3, 0.4) is 0 Å². The Bertz CT molecular complexity index is 473. The first kappa shape index (κ1) is 13.7. The molecule has 1 aliphatic rings. The maximum absolute atomic E-state index is 11.9. The zero-order chi connectivity index (χ0) is 14.0. The molecular formula is C14H19NO4. The van der Waals surface area contributed by atoms with Crippen LogP contribution in [0, 0.1) is 0 Å². The number of carbonyl (C=O) groups excluding carboxylic acids is 1. The van der Waals surface area contributed by atoms with Gasteiger partial charge >= 0.3 is 0 Å². The van der Waals surface area contributed by atoms with Gasteiger partial charge in [0.15, 0.2) is 6.10 Å². The van der Waals surface area contributed by atoms with E-state index >= 15 is 0 Å². The fraction of sp³-hybridized carbons (Fsp3) is 0.500. The highest BCUT2D eigenvalue weighted by Crippen LogP contribution is 2.31. The molecule has 0 aliphatic carbocycles. The Morgan fingerprint density at radius 1 is 1.47 bits per heavy atom. The largest absolute Gasteiger partial charge is 0.497 e. The van der Waals surface area contributed by atoms with Crippen LogP contribution in [-0.4, -0.2) is 42.7 Å². The fourth-order valence-electron chi connectivity index (χ4n) is 2.14. The first-order valence-corrected chi connectivity index (χ1v) is 6.30. The Kier molecular flexibility index (Phi) is 3.95. The van der Waals surface area contributed by atoms with Gasteiger partial charge in [0.05, 0.1) is 13.2 Å². The van der Waals surface area contributed by atoms with Gasteiger partial charge in [-0.05, 0) is 19.1 Å². The van der Waals surface area contributed by atoms with E-state index in [2.05, 4.69) is 0 Å². The van der Waals surface area contributed by atoms with Gasteiger partial charge in [-0.25, -0.2) is 0 Å². The van der Waals surface area contributed by atoms with E-state index in [0.29, 0.717) is 30.0 Å². The Labute approximate surface area is 112 Å². The van der Waals surface area contributed by atoms with Crippen molar-refractivity contribution in [2.24, 2.45) is 0 Å². The van der Waals surface area contributed by atoms with Crippen LogP contribution in [0.5, 0.6) is 11.5 Å². The van der Waals surface area contributed by atoms with Crippen molar-refractivity contribution in [1.29, 1.82) is 0 Å². The molecule has 1 heterocycles. The molecular weight excluding hydrogens is 246 g/mol. The van der Waals surface area contributed by atoms with Gasteiger partial charge in [0.1, 0.15) is 11.5 Å². The lowest BCUT2D eigenvalue weighted by molar-refractivity contribution is -0.132. The van der Waals surface area contributed by atoms with Crippen LogP contribution in [0.1, 0.15) is 25.0 Å². The van der Waals surface area contributed by atoms with Gasteiger partial charge in [0, 0.05) is 31.6 Å². The maximum atomic E-state index is 11.9. The molecule has 0 spiro atoms. The van der Waals surface area contributed by atoms with E-state index in [1.54, 1.807) is 44.2 Å². The predicted molar refractivity (Wildman–Crippen MR) is 70.3 cm³/mol. The average molecular weight is 265 g/mol. The Morgan fingerprint density at radius 3 is 2.74 bits per heavy atom. The molecule has 104 valence electrons. The molecule has 1 fully saturated rings. The molecule has 1 aliphatic heterocycles. The molecule has 2 rings (SSSR count). The van der Waals surface area contributed by atoms with E-state index in [0.717, 1.165) is 0 Å². The standard InChI is InChI=1S/C14H19NO4/c1-9(16)11-5-4-10(18-3)8-13(11)19-12-6-7-15(2)14(12)17/h4-5,8-9,12,16H,6-7H2,1-3H3/t9-,12?/m0/s1. The molecule has 1 saturated heterocycles. The number of amides is 1. The number of rotatable bonds is 4. The Morgan fingerprint density at radius 2 is 2.21 bits per heavy atom. The number of methoxy groups -OCH3 is 1. The summed E-state index contributed by atoms with van der Waals surface area (Å²) in [6.45, 7) is 2.36. The zero-order valence-corrected chi connectivity index (χ0v) is 11.4. The molecule has 1 aromatic carbocycles. The third-order valence-electron chi connectivity index (χ3n) is 3.32. The monoisotopic (exact) mass is 265 g/mol. The summed E-state index contributed by atoms with van der Waals surface area (Å²) in [4.78, 5) is 13.5. The van der Waals surface area contributed by atoms with Crippen LogP contribution in [0.2, 0.25) is 0 Å². The van der Waals surface area contributed by atoms with Crippen molar-refractivity contribution in [2.75, 3.05) is 20.7 Å². The lowest BCUT2D eigenvalue weighted by Gasteiger charge is -2.18. The predicted octanol–water partition coefficient (Wildman–Crippen LogP) is 1.36. The Hall–Kier alpha value is -1.75. The minimum absolute atomic E-state index is 0.0284. The topological polar surface area (TPSA) is 59.0 Å². The second kappa shape index (κ2) is 5.48. The minimum Gasteiger partial charge on any atom is -0.497 e. The highest BCUT2D eigenvalue weighted by Gasteiger charge is 2.31. The van der Waals surface area contributed by atoms with E-state index in [1.165, 1.54) is 0 Å². The lowest BCUT2D eigenvalue weighted by atomic mass is 10.1. The summed E-state index contributed by atoms with van der Waals surface area (Å²) in [5, 5.41) is 9.74. The number of aliphatic hydroxyl groups is 1. The molecule has 0 saturated carbocycles. The van der Waals surface area contributed by atoms with Crippen LogP contribution >= 0.6 is 0 Å². The smallest absolute Gasteiger partial charge is 0.263 e. The summed E-state index contributed by atoms with van der Waals surface area (Å²) in [7, 11) is 3.32. The molecule has 1 amide bonds. The number of aliphatic hydroxyl groups excluding tert-OH is 1. The molecule has 5 nitrogen and oxygen atoms in total. The van der Waals surface area contributed by atoms with Gasteiger partial charge in [-0.3, -0.25) is 4.79 Å². The first-order chi connectivity index (χ1) is 9.02. The van der Waals surface area contributed by atoms with Crippen molar-refractivity contribution in [2.45, 2.75) is 25.6 Å². The molecule has 0 aromatic heterocycles. The number of carbonyl (C=O) groups is 1. The molecule has 1 unspecified atom stereocenters. The normalized spacial score (nSPS) is 20.5. The van der Waals surface area contributed by atoms with Crippen LogP contribution in [0.25, 0.3) is 0 Å². The van der Waals surface area contributed by atoms with Gasteiger partial charge in [-0.1, -0.05) is 0 Å². The van der Waals surface area contributed by atoms with Crippen molar-refractivity contribution < 1.29 is 19.4 Å². The van der Waals surface area contributed by atoms with Crippen molar-refractivity contribution in [1.82, 2.24) is 4.90 Å². The summed E-state index contributed by atoms with van der Waals surface area (Å²) >= 11 is 0. The summed E-state index contributed by atoms with van der Waals surface area (Å²) < 4.78 is 10.9. The summed E-state index contributed by atoms with van der Waals surface area (Å²) in [6, 6.07) is 5.22. The Balaban J connectivity index is 2.25. The van der Waals surface area contributed by atoms with E-state index in [-0.39, 0.29) is 5.91 Å². The lowest BCUT2D eigenvalue weighted by Crippen LogP contribution is -2.29. The van der Waals surface area contributed by atoms with E-state index in [1.807, 2.05) is 0 Å². The third-order valence-corrected chi connectivity index (χ3v) is 3.32. The number of benzene rings is 1. The number of hydrogen-bond donors (Lipinski definition) is 1. The van der Waals surface area contributed by atoms with Gasteiger partial charge in [-0.15, -0.1) is 0 Å². The molecule has 5 heteroatoms. The van der Waals surface area contributed by atoms with Gasteiger partial charge in [-0.2, -0.15) is 0 Å². The van der Waals surface area contributed by atoms with Crippen LogP contribution in [-0.2, 0) is 4.79 Å². The summed E-state index contributed by atoms with van der Waals surface area (Å²) in [5.41, 5.74) is 0.656. The number of hydrogen-bond acceptors (Lipinski definition) is 4. The molecule has 1 aromatic rings. The number of nitrogens with zero attached hydrogens (tertiary/aromatic N) is 1. The van der Waals surface area contributed by atoms with Gasteiger partial charge < -0.3 is 19.5 Å². The van der Waals surface area contributed by atoms with Gasteiger partial charge in [0.25, 0.3) is 5.91 Å². The molecule has 0 radical (unpaired) electrons. The zero-order valence-electron chi connectivity index (χ0n) is 11.4. The minimum atomic E-state index is -0.657. The number of ether oxygens (including phenoxy) is 2. The number of likely N-dealkylation sites (tertiary alicyclic amines) is 1. The number of likely N-dealkylation sites (N-methyl/N-ethyl adjacent to an activating group) is 1. The van der Waals surface area contributed by atoms with Crippen molar-refractivity contribution in [3.63, 3.8) is 0 Å². The van der Waals surface area contributed by atoms with Crippen LogP contribution in [0.15, 0.2) is 18.2 Å². The average Bonchev–Trinajstić information content (AvgIpc) is 2.70. The van der Waals surface area contributed by atoms with Crippen molar-refractivity contribution >= 4 is 5.91 Å². The SMILES string of the molecule is COc1ccc([C@H](C)O)c(OC2CCN(C)C2=O)c1. The van der Waals surface area contributed by atoms with Crippen molar-refractivity contribution in [3.8, 4) is 11.5 Å².